The van der Waals surface area contributed by atoms with Crippen LogP contribution in [0.3, 0.4) is 0 Å². The first-order chi connectivity index (χ1) is 9.97. The second-order valence-corrected chi connectivity index (χ2v) is 4.71. The molecule has 0 aliphatic rings. The molecule has 0 N–H and O–H groups in total. The van der Waals surface area contributed by atoms with Crippen molar-refractivity contribution in [3.63, 3.8) is 0 Å². The zero-order valence-electron chi connectivity index (χ0n) is 11.9. The van der Waals surface area contributed by atoms with Crippen LogP contribution >= 0.6 is 0 Å². The summed E-state index contributed by atoms with van der Waals surface area (Å²) in [6.07, 6.45) is 0.331. The van der Waals surface area contributed by atoms with Gasteiger partial charge in [0, 0.05) is 27.7 Å². The van der Waals surface area contributed by atoms with Gasteiger partial charge in [0.25, 0.3) is 0 Å². The van der Waals surface area contributed by atoms with E-state index >= 15 is 0 Å². The van der Waals surface area contributed by atoms with E-state index in [0.717, 1.165) is 0 Å². The Morgan fingerprint density at radius 1 is 1.33 bits per heavy atom. The fourth-order valence-corrected chi connectivity index (χ4v) is 2.05. The first kappa shape index (κ1) is 14.5. The molecule has 2 rings (SSSR count). The van der Waals surface area contributed by atoms with Crippen LogP contribution < -0.4 is 9.80 Å². The van der Waals surface area contributed by atoms with Crippen LogP contribution in [0.5, 0.6) is 0 Å². The Morgan fingerprint density at radius 3 is 2.57 bits per heavy atom. The molecule has 2 aromatic rings. The predicted molar refractivity (Wildman–Crippen MR) is 76.3 cm³/mol. The molecule has 0 radical (unpaired) electrons. The van der Waals surface area contributed by atoms with E-state index in [9.17, 15) is 10.1 Å². The number of aromatic nitrogens is 2. The molecule has 0 fully saturated rings. The van der Waals surface area contributed by atoms with Crippen molar-refractivity contribution >= 4 is 28.1 Å². The Kier molecular flexibility index (Phi) is 3.89. The highest BCUT2D eigenvalue weighted by Crippen LogP contribution is 2.39. The standard InChI is InChI=1S/C12H14N6O3/c1-16(2)9-7-8(17(3)6-4-5-13)10-11(15-21-14-10)12(9)18(19)20/h7H,4,6H2,1-3H3. The molecule has 0 saturated heterocycles. The summed E-state index contributed by atoms with van der Waals surface area (Å²) in [4.78, 5) is 14.2. The molecular weight excluding hydrogens is 276 g/mol. The maximum absolute atomic E-state index is 11.3. The maximum Gasteiger partial charge on any atom is 0.323 e. The second kappa shape index (κ2) is 5.62. The molecule has 9 nitrogen and oxygen atoms in total. The molecule has 9 heteroatoms. The molecule has 0 unspecified atom stereocenters. The molecule has 110 valence electrons. The van der Waals surface area contributed by atoms with Gasteiger partial charge in [0.15, 0.2) is 5.52 Å². The summed E-state index contributed by atoms with van der Waals surface area (Å²) in [5.74, 6) is 0. The van der Waals surface area contributed by atoms with Crippen molar-refractivity contribution in [1.29, 1.82) is 5.26 Å². The maximum atomic E-state index is 11.3. The van der Waals surface area contributed by atoms with Crippen molar-refractivity contribution in [3.05, 3.63) is 16.2 Å². The van der Waals surface area contributed by atoms with Gasteiger partial charge >= 0.3 is 5.69 Å². The van der Waals surface area contributed by atoms with Gasteiger partial charge in [0.05, 0.1) is 23.1 Å². The molecular formula is C12H14N6O3. The summed E-state index contributed by atoms with van der Waals surface area (Å²) in [5.41, 5.74) is 1.31. The fourth-order valence-electron chi connectivity index (χ4n) is 2.05. The van der Waals surface area contributed by atoms with Gasteiger partial charge in [-0.2, -0.15) is 5.26 Å². The van der Waals surface area contributed by atoms with E-state index in [1.165, 1.54) is 0 Å². The van der Waals surface area contributed by atoms with Crippen molar-refractivity contribution < 1.29 is 9.55 Å². The number of fused-ring (bicyclic) bond motifs is 1. The Morgan fingerprint density at radius 2 is 2.00 bits per heavy atom. The van der Waals surface area contributed by atoms with Crippen molar-refractivity contribution in [1.82, 2.24) is 10.3 Å². The van der Waals surface area contributed by atoms with Gasteiger partial charge in [0.2, 0.25) is 5.52 Å². The minimum absolute atomic E-state index is 0.102. The number of hydrogen-bond acceptors (Lipinski definition) is 8. The number of nitrogens with zero attached hydrogens (tertiary/aromatic N) is 6. The van der Waals surface area contributed by atoms with Gasteiger partial charge in [-0.25, -0.2) is 4.63 Å². The number of rotatable bonds is 5. The van der Waals surface area contributed by atoms with Crippen LogP contribution in [0.15, 0.2) is 10.7 Å². The van der Waals surface area contributed by atoms with Gasteiger partial charge in [-0.15, -0.1) is 0 Å². The lowest BCUT2D eigenvalue weighted by atomic mass is 10.1. The zero-order valence-corrected chi connectivity index (χ0v) is 11.9. The molecule has 1 aromatic heterocycles. The van der Waals surface area contributed by atoms with Crippen LogP contribution in [0, 0.1) is 21.4 Å². The molecule has 21 heavy (non-hydrogen) atoms. The number of nitriles is 1. The highest BCUT2D eigenvalue weighted by atomic mass is 16.6. The largest absolute Gasteiger partial charge is 0.372 e. The Hall–Kier alpha value is -2.89. The van der Waals surface area contributed by atoms with Gasteiger partial charge in [-0.05, 0) is 16.4 Å². The average Bonchev–Trinajstić information content (AvgIpc) is 2.91. The minimum atomic E-state index is -0.499. The van der Waals surface area contributed by atoms with Gasteiger partial charge in [-0.1, -0.05) is 0 Å². The highest BCUT2D eigenvalue weighted by molar-refractivity contribution is 5.99. The Labute approximate surface area is 120 Å². The third-order valence-corrected chi connectivity index (χ3v) is 3.11. The first-order valence-corrected chi connectivity index (χ1v) is 6.16. The number of anilines is 2. The van der Waals surface area contributed by atoms with Crippen molar-refractivity contribution in [2.75, 3.05) is 37.5 Å². The van der Waals surface area contributed by atoms with E-state index in [4.69, 9.17) is 5.26 Å². The summed E-state index contributed by atoms with van der Waals surface area (Å²) in [6, 6.07) is 3.71. The molecule has 0 spiro atoms. The smallest absolute Gasteiger partial charge is 0.323 e. The number of benzene rings is 1. The van der Waals surface area contributed by atoms with Crippen molar-refractivity contribution in [3.8, 4) is 6.07 Å². The van der Waals surface area contributed by atoms with Crippen LogP contribution in [0.25, 0.3) is 11.0 Å². The normalized spacial score (nSPS) is 10.4. The van der Waals surface area contributed by atoms with Crippen LogP contribution in [-0.2, 0) is 0 Å². The quantitative estimate of drug-likeness (QED) is 0.602. The van der Waals surface area contributed by atoms with Gasteiger partial charge in [0.1, 0.15) is 5.69 Å². The molecule has 0 aliphatic carbocycles. The third-order valence-electron chi connectivity index (χ3n) is 3.11. The van der Waals surface area contributed by atoms with Crippen LogP contribution in [0.4, 0.5) is 17.1 Å². The summed E-state index contributed by atoms with van der Waals surface area (Å²) >= 11 is 0. The van der Waals surface area contributed by atoms with Crippen LogP contribution in [-0.4, -0.2) is 42.9 Å². The summed E-state index contributed by atoms with van der Waals surface area (Å²) in [5, 5.41) is 27.4. The third kappa shape index (κ3) is 2.55. The van der Waals surface area contributed by atoms with Crippen molar-refractivity contribution in [2.45, 2.75) is 6.42 Å². The SMILES string of the molecule is CN(C)c1cc(N(C)CCC#N)c2nonc2c1[N+](=O)[O-]. The first-order valence-electron chi connectivity index (χ1n) is 6.16. The molecule has 1 aromatic carbocycles. The summed E-state index contributed by atoms with van der Waals surface area (Å²) in [7, 11) is 5.20. The van der Waals surface area contributed by atoms with E-state index in [0.29, 0.717) is 29.9 Å². The molecule has 0 atom stereocenters. The monoisotopic (exact) mass is 290 g/mol. The second-order valence-electron chi connectivity index (χ2n) is 4.71. The topological polar surface area (TPSA) is 112 Å². The lowest BCUT2D eigenvalue weighted by Gasteiger charge is -2.20. The highest BCUT2D eigenvalue weighted by Gasteiger charge is 2.27. The van der Waals surface area contributed by atoms with E-state index in [2.05, 4.69) is 21.0 Å². The number of nitro groups is 1. The molecule has 0 aliphatic heterocycles. The Bertz CT molecular complexity index is 718. The van der Waals surface area contributed by atoms with Crippen LogP contribution in [0.1, 0.15) is 6.42 Å². The van der Waals surface area contributed by atoms with E-state index < -0.39 is 4.92 Å². The Balaban J connectivity index is 2.68. The van der Waals surface area contributed by atoms with E-state index in [-0.39, 0.29) is 11.2 Å². The number of hydrogen-bond donors (Lipinski definition) is 0. The summed E-state index contributed by atoms with van der Waals surface area (Å²) in [6.45, 7) is 0.475. The van der Waals surface area contributed by atoms with E-state index in [1.807, 2.05) is 0 Å². The predicted octanol–water partition coefficient (Wildman–Crippen LogP) is 1.55. The van der Waals surface area contributed by atoms with Gasteiger partial charge < -0.3 is 9.80 Å². The van der Waals surface area contributed by atoms with E-state index in [1.54, 1.807) is 37.0 Å². The zero-order chi connectivity index (χ0) is 15.6. The van der Waals surface area contributed by atoms with Crippen molar-refractivity contribution in [2.24, 2.45) is 0 Å². The molecule has 1 heterocycles. The average molecular weight is 290 g/mol. The molecule has 0 amide bonds. The lowest BCUT2D eigenvalue weighted by molar-refractivity contribution is -0.382. The lowest BCUT2D eigenvalue weighted by Crippen LogP contribution is -2.20. The van der Waals surface area contributed by atoms with Crippen LogP contribution in [0.2, 0.25) is 0 Å². The minimum Gasteiger partial charge on any atom is -0.372 e. The number of nitro benzene ring substituents is 1. The molecule has 0 bridgehead atoms. The summed E-state index contributed by atoms with van der Waals surface area (Å²) < 4.78 is 4.67. The van der Waals surface area contributed by atoms with Gasteiger partial charge in [-0.3, -0.25) is 10.1 Å². The molecule has 0 saturated carbocycles. The fraction of sp³-hybridized carbons (Fsp3) is 0.417.